The normalized spacial score (nSPS) is 11.8. The molecule has 0 saturated carbocycles. The Morgan fingerprint density at radius 2 is 1.63 bits per heavy atom. The first-order valence-corrected chi connectivity index (χ1v) is 14.7. The lowest BCUT2D eigenvalue weighted by atomic mass is 10.00. The number of thiophene rings is 1. The zero-order chi connectivity index (χ0) is 26.9. The molecule has 1 aromatic heterocycles. The molecule has 1 amide bonds. The fourth-order valence-corrected chi connectivity index (χ4v) is 6.44. The molecule has 1 heterocycles. The summed E-state index contributed by atoms with van der Waals surface area (Å²) in [5, 5.41) is 15.0. The molecule has 0 radical (unpaired) electrons. The van der Waals surface area contributed by atoms with Crippen molar-refractivity contribution in [2.75, 3.05) is 5.75 Å². The molecule has 0 aliphatic rings. The molecule has 0 spiro atoms. The van der Waals surface area contributed by atoms with E-state index in [0.29, 0.717) is 15.7 Å². The van der Waals surface area contributed by atoms with Crippen LogP contribution in [-0.2, 0) is 28.2 Å². The van der Waals surface area contributed by atoms with Crippen molar-refractivity contribution in [3.05, 3.63) is 105 Å². The van der Waals surface area contributed by atoms with Gasteiger partial charge in [-0.15, -0.1) is 23.1 Å². The molecule has 0 unspecified atom stereocenters. The molecule has 5 nitrogen and oxygen atoms in total. The predicted molar refractivity (Wildman–Crippen MR) is 156 cm³/mol. The lowest BCUT2D eigenvalue weighted by Gasteiger charge is -2.15. The lowest BCUT2D eigenvalue weighted by molar-refractivity contribution is -0.139. The van der Waals surface area contributed by atoms with Crippen LogP contribution in [0.1, 0.15) is 38.5 Å². The second kappa shape index (κ2) is 13.6. The van der Waals surface area contributed by atoms with Gasteiger partial charge >= 0.3 is 5.97 Å². The zero-order valence-electron chi connectivity index (χ0n) is 20.7. The van der Waals surface area contributed by atoms with Crippen LogP contribution in [0.3, 0.4) is 0 Å². The average molecular weight is 566 g/mol. The highest BCUT2D eigenvalue weighted by molar-refractivity contribution is 7.99. The molecule has 196 valence electrons. The molecule has 8 heteroatoms. The van der Waals surface area contributed by atoms with Gasteiger partial charge in [-0.2, -0.15) is 0 Å². The van der Waals surface area contributed by atoms with E-state index in [9.17, 15) is 19.5 Å². The number of carboxylic acid groups (broad SMARTS) is 1. The van der Waals surface area contributed by atoms with Crippen LogP contribution >= 0.6 is 34.7 Å². The summed E-state index contributed by atoms with van der Waals surface area (Å²) in [5.41, 5.74) is 2.21. The third-order valence-corrected chi connectivity index (χ3v) is 8.68. The summed E-state index contributed by atoms with van der Waals surface area (Å²) in [7, 11) is 0. The zero-order valence-corrected chi connectivity index (χ0v) is 23.1. The molecule has 4 aromatic rings. The van der Waals surface area contributed by atoms with Gasteiger partial charge in [0.15, 0.2) is 5.78 Å². The highest BCUT2D eigenvalue weighted by atomic mass is 35.5. The summed E-state index contributed by atoms with van der Waals surface area (Å²) in [6.07, 6.45) is 2.25. The maximum Gasteiger partial charge on any atom is 0.305 e. The van der Waals surface area contributed by atoms with Crippen LogP contribution in [0.2, 0.25) is 5.02 Å². The number of fused-ring (bicyclic) bond motifs is 1. The second-order valence-corrected chi connectivity index (χ2v) is 11.5. The Labute approximate surface area is 235 Å². The number of rotatable bonds is 13. The maximum absolute atomic E-state index is 12.9. The number of carbonyl (C=O) groups is 3. The minimum Gasteiger partial charge on any atom is -0.481 e. The van der Waals surface area contributed by atoms with Crippen LogP contribution in [0, 0.1) is 0 Å². The summed E-state index contributed by atoms with van der Waals surface area (Å²) >= 11 is 8.89. The number of hydrogen-bond acceptors (Lipinski definition) is 5. The highest BCUT2D eigenvalue weighted by Crippen LogP contribution is 2.24. The summed E-state index contributed by atoms with van der Waals surface area (Å²) < 4.78 is 0. The molecule has 1 atom stereocenters. The first kappa shape index (κ1) is 27.9. The number of carboxylic acids is 1. The quantitative estimate of drug-likeness (QED) is 0.186. The molecule has 0 bridgehead atoms. The lowest BCUT2D eigenvalue weighted by Crippen LogP contribution is -2.43. The number of hydrogen-bond donors (Lipinski definition) is 2. The third kappa shape index (κ3) is 7.69. The summed E-state index contributed by atoms with van der Waals surface area (Å²) in [6, 6.07) is 24.6. The molecular weight excluding hydrogens is 538 g/mol. The molecule has 0 aliphatic heterocycles. The number of nitrogens with one attached hydrogen (secondary N) is 1. The van der Waals surface area contributed by atoms with E-state index >= 15 is 0 Å². The fourth-order valence-electron chi connectivity index (χ4n) is 4.22. The third-order valence-electron chi connectivity index (χ3n) is 6.17. The number of halogens is 1. The average Bonchev–Trinajstić information content (AvgIpc) is 3.38. The molecule has 4 rings (SSSR count). The molecular formula is C30H28ClNO4S2. The van der Waals surface area contributed by atoms with E-state index in [-0.39, 0.29) is 11.5 Å². The fraction of sp³-hybridized carbons (Fsp3) is 0.233. The van der Waals surface area contributed by atoms with Gasteiger partial charge in [-0.3, -0.25) is 14.4 Å². The van der Waals surface area contributed by atoms with Crippen LogP contribution in [-0.4, -0.2) is 34.6 Å². The summed E-state index contributed by atoms with van der Waals surface area (Å²) in [5.74, 6) is -1.30. The molecule has 0 saturated heterocycles. The van der Waals surface area contributed by atoms with Crippen molar-refractivity contribution in [2.24, 2.45) is 0 Å². The van der Waals surface area contributed by atoms with Crippen LogP contribution in [0.5, 0.6) is 0 Å². The van der Waals surface area contributed by atoms with Gasteiger partial charge in [0.2, 0.25) is 0 Å². The molecule has 38 heavy (non-hydrogen) atoms. The number of Topliss-reactive ketones (excluding diaryl/α,β-unsaturated/α-hetero) is 1. The van der Waals surface area contributed by atoms with Gasteiger partial charge in [-0.25, -0.2) is 0 Å². The number of aliphatic carboxylic acids is 1. The number of thioether (sulfide) groups is 1. The first-order chi connectivity index (χ1) is 18.4. The minimum absolute atomic E-state index is 0.0767. The number of ketones is 1. The van der Waals surface area contributed by atoms with Gasteiger partial charge in [0, 0.05) is 15.7 Å². The number of benzene rings is 3. The van der Waals surface area contributed by atoms with E-state index < -0.39 is 24.3 Å². The Hall–Kier alpha value is -3.13. The van der Waals surface area contributed by atoms with Gasteiger partial charge in [0.05, 0.1) is 23.1 Å². The topological polar surface area (TPSA) is 83.5 Å². The van der Waals surface area contributed by atoms with Crippen LogP contribution in [0.4, 0.5) is 0 Å². The molecule has 3 aromatic carbocycles. The van der Waals surface area contributed by atoms with E-state index in [2.05, 4.69) is 41.7 Å². The summed E-state index contributed by atoms with van der Waals surface area (Å²) in [6.45, 7) is 0. The Kier molecular flexibility index (Phi) is 9.98. The predicted octanol–water partition coefficient (Wildman–Crippen LogP) is 6.81. The standard InChI is InChI=1S/C30H28ClNO4S2/c31-25-14-4-2-8-22(25)18-37-19-27(33)26(17-29(34)35)32-30(36)28-16-15-23(38-28)12-6-11-21-10-5-9-20-7-1-3-13-24(20)21/h1-5,7-10,13-16,26H,6,11-12,17-19H2,(H,32,36)(H,34,35)/t26-/m0/s1. The SMILES string of the molecule is O=C(O)C[C@H](NC(=O)c1ccc(CCCc2cccc3ccccc23)s1)C(=O)CSCc1ccccc1Cl. The van der Waals surface area contributed by atoms with Crippen molar-refractivity contribution >= 4 is 63.1 Å². The Morgan fingerprint density at radius 1 is 0.895 bits per heavy atom. The Morgan fingerprint density at radius 3 is 2.45 bits per heavy atom. The van der Waals surface area contributed by atoms with Crippen LogP contribution < -0.4 is 5.32 Å². The monoisotopic (exact) mass is 565 g/mol. The molecule has 0 fully saturated rings. The molecule has 2 N–H and O–H groups in total. The van der Waals surface area contributed by atoms with Gasteiger partial charge in [-0.1, -0.05) is 72.3 Å². The second-order valence-electron chi connectivity index (χ2n) is 8.93. The van der Waals surface area contributed by atoms with E-state index in [0.717, 1.165) is 29.7 Å². The van der Waals surface area contributed by atoms with Crippen molar-refractivity contribution < 1.29 is 19.5 Å². The largest absolute Gasteiger partial charge is 0.481 e. The van der Waals surface area contributed by atoms with Crippen LogP contribution in [0.25, 0.3) is 10.8 Å². The maximum atomic E-state index is 12.9. The molecule has 0 aliphatic carbocycles. The Bertz CT molecular complexity index is 1430. The number of carbonyl (C=O) groups excluding carboxylic acids is 2. The first-order valence-electron chi connectivity index (χ1n) is 12.3. The van der Waals surface area contributed by atoms with Gasteiger partial charge in [0.25, 0.3) is 5.91 Å². The highest BCUT2D eigenvalue weighted by Gasteiger charge is 2.24. The van der Waals surface area contributed by atoms with E-state index in [1.165, 1.54) is 39.4 Å². The van der Waals surface area contributed by atoms with Crippen molar-refractivity contribution in [1.82, 2.24) is 5.32 Å². The van der Waals surface area contributed by atoms with Crippen molar-refractivity contribution in [3.8, 4) is 0 Å². The summed E-state index contributed by atoms with van der Waals surface area (Å²) in [4.78, 5) is 38.5. The van der Waals surface area contributed by atoms with Crippen LogP contribution in [0.15, 0.2) is 78.9 Å². The number of aryl methyl sites for hydroxylation is 2. The van der Waals surface area contributed by atoms with Crippen molar-refractivity contribution in [2.45, 2.75) is 37.5 Å². The van der Waals surface area contributed by atoms with Gasteiger partial charge in [-0.05, 0) is 59.4 Å². The Balaban J connectivity index is 1.30. The van der Waals surface area contributed by atoms with Gasteiger partial charge in [0.1, 0.15) is 0 Å². The van der Waals surface area contributed by atoms with E-state index in [1.54, 1.807) is 12.1 Å². The van der Waals surface area contributed by atoms with E-state index in [1.807, 2.05) is 30.3 Å². The smallest absolute Gasteiger partial charge is 0.305 e. The van der Waals surface area contributed by atoms with Crippen molar-refractivity contribution in [1.29, 1.82) is 0 Å². The van der Waals surface area contributed by atoms with Crippen molar-refractivity contribution in [3.63, 3.8) is 0 Å². The van der Waals surface area contributed by atoms with E-state index in [4.69, 9.17) is 11.6 Å². The van der Waals surface area contributed by atoms with Gasteiger partial charge < -0.3 is 10.4 Å². The minimum atomic E-state index is -1.14. The number of amides is 1.